The van der Waals surface area contributed by atoms with E-state index < -0.39 is 34.6 Å². The van der Waals surface area contributed by atoms with Gasteiger partial charge in [-0.25, -0.2) is 8.78 Å². The van der Waals surface area contributed by atoms with Gasteiger partial charge in [-0.05, 0) is 31.2 Å². The molecular weight excluding hydrogens is 300 g/mol. The SMILES string of the molecule is CCC.Cc1c(F)c(F)c(Oc2ccc(O)cc2)c(F)c1F. The molecule has 0 atom stereocenters. The van der Waals surface area contributed by atoms with Gasteiger partial charge in [0.2, 0.25) is 17.4 Å². The second kappa shape index (κ2) is 7.68. The molecule has 6 heteroatoms. The predicted octanol–water partition coefficient (Wildman–Crippen LogP) is 5.47. The highest BCUT2D eigenvalue weighted by Gasteiger charge is 2.24. The molecule has 120 valence electrons. The summed E-state index contributed by atoms with van der Waals surface area (Å²) in [6.07, 6.45) is 1.25. The first kappa shape index (κ1) is 17.8. The third kappa shape index (κ3) is 3.90. The molecule has 0 aliphatic rings. The van der Waals surface area contributed by atoms with Gasteiger partial charge in [0.05, 0.1) is 0 Å². The summed E-state index contributed by atoms with van der Waals surface area (Å²) in [7, 11) is 0. The molecule has 0 spiro atoms. The minimum Gasteiger partial charge on any atom is -0.508 e. The van der Waals surface area contributed by atoms with Gasteiger partial charge >= 0.3 is 0 Å². The first-order valence-electron chi connectivity index (χ1n) is 6.62. The molecule has 0 aliphatic carbocycles. The van der Waals surface area contributed by atoms with Crippen LogP contribution in [-0.4, -0.2) is 5.11 Å². The molecule has 2 aromatic rings. The average molecular weight is 316 g/mol. The lowest BCUT2D eigenvalue weighted by atomic mass is 10.2. The van der Waals surface area contributed by atoms with Crippen LogP contribution < -0.4 is 4.74 Å². The number of phenols is 1. The average Bonchev–Trinajstić information content (AvgIpc) is 2.50. The zero-order chi connectivity index (χ0) is 16.9. The summed E-state index contributed by atoms with van der Waals surface area (Å²) >= 11 is 0. The van der Waals surface area contributed by atoms with E-state index in [0.29, 0.717) is 0 Å². The Bertz CT molecular complexity index is 611. The molecule has 1 N–H and O–H groups in total. The van der Waals surface area contributed by atoms with Crippen molar-refractivity contribution in [1.82, 2.24) is 0 Å². The van der Waals surface area contributed by atoms with Crippen LogP contribution in [0, 0.1) is 30.2 Å². The molecule has 0 saturated carbocycles. The van der Waals surface area contributed by atoms with Crippen LogP contribution in [0.1, 0.15) is 25.8 Å². The number of phenolic OH excluding ortho intramolecular Hbond substituents is 1. The third-order valence-corrected chi connectivity index (χ3v) is 2.50. The van der Waals surface area contributed by atoms with Crippen molar-refractivity contribution >= 4 is 0 Å². The van der Waals surface area contributed by atoms with Crippen LogP contribution in [0.3, 0.4) is 0 Å². The quantitative estimate of drug-likeness (QED) is 0.588. The first-order chi connectivity index (χ1) is 10.3. The molecule has 0 fully saturated rings. The van der Waals surface area contributed by atoms with Gasteiger partial charge in [0, 0.05) is 5.56 Å². The van der Waals surface area contributed by atoms with Crippen molar-refractivity contribution in [2.24, 2.45) is 0 Å². The lowest BCUT2D eigenvalue weighted by Gasteiger charge is -2.11. The van der Waals surface area contributed by atoms with Crippen LogP contribution in [0.2, 0.25) is 0 Å². The van der Waals surface area contributed by atoms with Gasteiger partial charge in [-0.2, -0.15) is 8.78 Å². The number of hydrogen-bond donors (Lipinski definition) is 1. The van der Waals surface area contributed by atoms with Crippen molar-refractivity contribution in [2.75, 3.05) is 0 Å². The molecule has 0 aliphatic heterocycles. The van der Waals surface area contributed by atoms with E-state index in [-0.39, 0.29) is 11.5 Å². The summed E-state index contributed by atoms with van der Waals surface area (Å²) in [6, 6.07) is 4.80. The van der Waals surface area contributed by atoms with Crippen molar-refractivity contribution in [1.29, 1.82) is 0 Å². The summed E-state index contributed by atoms with van der Waals surface area (Å²) in [4.78, 5) is 0. The molecular formula is C16H16F4O2. The summed E-state index contributed by atoms with van der Waals surface area (Å²) in [5.41, 5.74) is -0.756. The molecule has 0 bridgehead atoms. The Hall–Kier alpha value is -2.24. The van der Waals surface area contributed by atoms with Gasteiger partial charge in [0.1, 0.15) is 11.5 Å². The molecule has 2 rings (SSSR count). The third-order valence-electron chi connectivity index (χ3n) is 2.50. The van der Waals surface area contributed by atoms with Crippen molar-refractivity contribution < 1.29 is 27.4 Å². The maximum absolute atomic E-state index is 13.5. The van der Waals surface area contributed by atoms with Crippen molar-refractivity contribution in [3.63, 3.8) is 0 Å². The van der Waals surface area contributed by atoms with Crippen molar-refractivity contribution in [3.8, 4) is 17.2 Å². The Morgan fingerprint density at radius 2 is 1.27 bits per heavy atom. The van der Waals surface area contributed by atoms with Gasteiger partial charge in [-0.1, -0.05) is 20.3 Å². The van der Waals surface area contributed by atoms with Gasteiger partial charge in [0.25, 0.3) is 0 Å². The van der Waals surface area contributed by atoms with Gasteiger partial charge in [0.15, 0.2) is 11.6 Å². The molecule has 0 amide bonds. The van der Waals surface area contributed by atoms with E-state index in [0.717, 1.165) is 6.92 Å². The predicted molar refractivity (Wildman–Crippen MR) is 75.2 cm³/mol. The highest BCUT2D eigenvalue weighted by atomic mass is 19.2. The van der Waals surface area contributed by atoms with Gasteiger partial charge < -0.3 is 9.84 Å². The van der Waals surface area contributed by atoms with E-state index in [1.165, 1.54) is 30.7 Å². The summed E-state index contributed by atoms with van der Waals surface area (Å²) in [5.74, 6) is -7.55. The molecule has 0 unspecified atom stereocenters. The Kier molecular flexibility index (Phi) is 6.22. The number of aromatic hydroxyl groups is 1. The zero-order valence-corrected chi connectivity index (χ0v) is 12.4. The molecule has 0 saturated heterocycles. The Morgan fingerprint density at radius 3 is 1.68 bits per heavy atom. The topological polar surface area (TPSA) is 29.5 Å². The molecule has 0 aromatic heterocycles. The standard InChI is InChI=1S/C13H8F4O2.C3H8/c1-6-9(14)11(16)13(12(17)10(6)15)19-8-4-2-7(18)3-5-8;1-3-2/h2-5,18H,1H3;3H2,1-2H3. The Morgan fingerprint density at radius 1 is 0.864 bits per heavy atom. The van der Waals surface area contributed by atoms with E-state index in [4.69, 9.17) is 9.84 Å². The maximum Gasteiger partial charge on any atom is 0.204 e. The Balaban J connectivity index is 0.000000745. The summed E-state index contributed by atoms with van der Waals surface area (Å²) < 4.78 is 58.4. The number of ether oxygens (including phenoxy) is 1. The summed E-state index contributed by atoms with van der Waals surface area (Å²) in [6.45, 7) is 5.17. The lowest BCUT2D eigenvalue weighted by molar-refractivity contribution is 0.362. The fourth-order valence-corrected chi connectivity index (χ4v) is 1.44. The number of hydrogen-bond acceptors (Lipinski definition) is 2. The van der Waals surface area contributed by atoms with Gasteiger partial charge in [-0.3, -0.25) is 0 Å². The fraction of sp³-hybridized carbons (Fsp3) is 0.250. The van der Waals surface area contributed by atoms with E-state index in [2.05, 4.69) is 13.8 Å². The van der Waals surface area contributed by atoms with E-state index in [1.807, 2.05) is 0 Å². The highest BCUT2D eigenvalue weighted by molar-refractivity contribution is 5.39. The molecule has 0 radical (unpaired) electrons. The molecule has 2 nitrogen and oxygen atoms in total. The minimum atomic E-state index is -1.61. The van der Waals surface area contributed by atoms with E-state index in [1.54, 1.807) is 0 Å². The van der Waals surface area contributed by atoms with Gasteiger partial charge in [-0.15, -0.1) is 0 Å². The monoisotopic (exact) mass is 316 g/mol. The first-order valence-corrected chi connectivity index (χ1v) is 6.62. The van der Waals surface area contributed by atoms with Crippen LogP contribution in [0.5, 0.6) is 17.2 Å². The number of halogens is 4. The van der Waals surface area contributed by atoms with Crippen molar-refractivity contribution in [2.45, 2.75) is 27.2 Å². The zero-order valence-electron chi connectivity index (χ0n) is 12.4. The van der Waals surface area contributed by atoms with Crippen LogP contribution in [0.4, 0.5) is 17.6 Å². The Labute approximate surface area is 126 Å². The smallest absolute Gasteiger partial charge is 0.204 e. The van der Waals surface area contributed by atoms with Crippen LogP contribution in [0.25, 0.3) is 0 Å². The summed E-state index contributed by atoms with van der Waals surface area (Å²) in [5, 5.41) is 9.03. The maximum atomic E-state index is 13.5. The lowest BCUT2D eigenvalue weighted by Crippen LogP contribution is -2.03. The number of rotatable bonds is 2. The highest BCUT2D eigenvalue weighted by Crippen LogP contribution is 2.33. The fourth-order valence-electron chi connectivity index (χ4n) is 1.44. The normalized spacial score (nSPS) is 9.95. The molecule has 0 heterocycles. The number of benzene rings is 2. The van der Waals surface area contributed by atoms with Crippen LogP contribution in [-0.2, 0) is 0 Å². The van der Waals surface area contributed by atoms with E-state index >= 15 is 0 Å². The molecule has 22 heavy (non-hydrogen) atoms. The largest absolute Gasteiger partial charge is 0.508 e. The molecule has 2 aromatic carbocycles. The van der Waals surface area contributed by atoms with Crippen molar-refractivity contribution in [3.05, 3.63) is 53.1 Å². The second-order valence-electron chi connectivity index (χ2n) is 4.51. The van der Waals surface area contributed by atoms with E-state index in [9.17, 15) is 17.6 Å². The second-order valence-corrected chi connectivity index (χ2v) is 4.51. The minimum absolute atomic E-state index is 0.0711. The van der Waals surface area contributed by atoms with Crippen LogP contribution in [0.15, 0.2) is 24.3 Å². The van der Waals surface area contributed by atoms with Crippen LogP contribution >= 0.6 is 0 Å².